The summed E-state index contributed by atoms with van der Waals surface area (Å²) in [5.74, 6) is -0.213. The second-order valence-corrected chi connectivity index (χ2v) is 5.97. The van der Waals surface area contributed by atoms with Crippen LogP contribution < -0.4 is 0 Å². The van der Waals surface area contributed by atoms with Crippen LogP contribution in [-0.4, -0.2) is 54.6 Å². The Bertz CT molecular complexity index is 313. The fraction of sp³-hybridized carbons (Fsp3) is 0.846. The molecule has 0 unspecified atom stereocenters. The number of carbonyl (C=O) groups is 2. The molecule has 5 nitrogen and oxygen atoms in total. The molecule has 0 saturated carbocycles. The largest absolute Gasteiger partial charge is 0.460 e. The van der Waals surface area contributed by atoms with Gasteiger partial charge < -0.3 is 14.5 Å². The second-order valence-electron chi connectivity index (χ2n) is 5.97. The van der Waals surface area contributed by atoms with Crippen LogP contribution >= 0.6 is 0 Å². The molecule has 0 atom stereocenters. The molecular formula is C13H24N2O3. The van der Waals surface area contributed by atoms with E-state index in [0.29, 0.717) is 25.9 Å². The van der Waals surface area contributed by atoms with Crippen LogP contribution in [-0.2, 0) is 9.53 Å². The van der Waals surface area contributed by atoms with Crippen molar-refractivity contribution in [3.8, 4) is 0 Å². The average molecular weight is 256 g/mol. The minimum Gasteiger partial charge on any atom is -0.460 e. The summed E-state index contributed by atoms with van der Waals surface area (Å²) in [6.07, 6.45) is 1.38. The number of carbonyl (C=O) groups excluding carboxylic acids is 2. The third-order valence-corrected chi connectivity index (χ3v) is 2.89. The number of esters is 1. The number of rotatable bonds is 1. The molecule has 104 valence electrons. The Morgan fingerprint density at radius 3 is 2.06 bits per heavy atom. The maximum atomic E-state index is 11.9. The van der Waals surface area contributed by atoms with E-state index in [1.807, 2.05) is 20.8 Å². The van der Waals surface area contributed by atoms with Gasteiger partial charge in [-0.3, -0.25) is 4.79 Å². The fourth-order valence-electron chi connectivity index (χ4n) is 1.97. The Morgan fingerprint density at radius 1 is 1.17 bits per heavy atom. The van der Waals surface area contributed by atoms with Crippen LogP contribution in [0.5, 0.6) is 0 Å². The molecule has 1 saturated heterocycles. The quantitative estimate of drug-likeness (QED) is 0.671. The molecule has 1 aliphatic rings. The number of nitrogens with zero attached hydrogens (tertiary/aromatic N) is 2. The number of likely N-dealkylation sites (tertiary alicyclic amines) is 1. The summed E-state index contributed by atoms with van der Waals surface area (Å²) < 4.78 is 5.37. The van der Waals surface area contributed by atoms with Crippen LogP contribution in [0.2, 0.25) is 0 Å². The molecule has 0 aromatic carbocycles. The van der Waals surface area contributed by atoms with E-state index in [-0.39, 0.29) is 17.9 Å². The van der Waals surface area contributed by atoms with E-state index in [9.17, 15) is 9.59 Å². The van der Waals surface area contributed by atoms with Gasteiger partial charge in [0, 0.05) is 27.2 Å². The molecule has 0 radical (unpaired) electrons. The highest BCUT2D eigenvalue weighted by atomic mass is 16.6. The number of urea groups is 1. The van der Waals surface area contributed by atoms with Crippen molar-refractivity contribution in [2.45, 2.75) is 39.2 Å². The summed E-state index contributed by atoms with van der Waals surface area (Å²) in [6, 6.07) is 0.0117. The van der Waals surface area contributed by atoms with Crippen LogP contribution in [0.25, 0.3) is 0 Å². The topological polar surface area (TPSA) is 49.9 Å². The van der Waals surface area contributed by atoms with Crippen molar-refractivity contribution in [3.05, 3.63) is 0 Å². The van der Waals surface area contributed by atoms with Gasteiger partial charge in [-0.25, -0.2) is 4.79 Å². The highest BCUT2D eigenvalue weighted by molar-refractivity contribution is 5.76. The average Bonchev–Trinajstić information content (AvgIpc) is 2.26. The lowest BCUT2D eigenvalue weighted by molar-refractivity contribution is -0.161. The molecule has 0 aromatic rings. The lowest BCUT2D eigenvalue weighted by atomic mass is 9.97. The molecule has 1 heterocycles. The summed E-state index contributed by atoms with van der Waals surface area (Å²) in [5.41, 5.74) is -0.437. The van der Waals surface area contributed by atoms with Crippen molar-refractivity contribution < 1.29 is 14.3 Å². The van der Waals surface area contributed by atoms with E-state index in [2.05, 4.69) is 0 Å². The smallest absolute Gasteiger partial charge is 0.319 e. The Kier molecular flexibility index (Phi) is 4.59. The van der Waals surface area contributed by atoms with Crippen molar-refractivity contribution in [2.75, 3.05) is 27.2 Å². The first-order valence-electron chi connectivity index (χ1n) is 6.40. The van der Waals surface area contributed by atoms with E-state index in [1.54, 1.807) is 23.9 Å². The summed E-state index contributed by atoms with van der Waals surface area (Å²) in [4.78, 5) is 27.0. The Labute approximate surface area is 109 Å². The second kappa shape index (κ2) is 5.59. The summed E-state index contributed by atoms with van der Waals surface area (Å²) >= 11 is 0. The van der Waals surface area contributed by atoms with Crippen LogP contribution in [0.3, 0.4) is 0 Å². The third-order valence-electron chi connectivity index (χ3n) is 2.89. The first-order valence-corrected chi connectivity index (χ1v) is 6.40. The SMILES string of the molecule is CN(C)C(=O)N1CCC(C(=O)OC(C)(C)C)CC1. The van der Waals surface area contributed by atoms with Crippen molar-refractivity contribution in [2.24, 2.45) is 5.92 Å². The molecule has 1 aliphatic heterocycles. The molecule has 0 N–H and O–H groups in total. The number of ether oxygens (including phenoxy) is 1. The Hall–Kier alpha value is -1.26. The monoisotopic (exact) mass is 256 g/mol. The number of hydrogen-bond donors (Lipinski definition) is 0. The molecular weight excluding hydrogens is 232 g/mol. The first-order chi connectivity index (χ1) is 8.20. The van der Waals surface area contributed by atoms with Gasteiger partial charge in [0.15, 0.2) is 0 Å². The van der Waals surface area contributed by atoms with Gasteiger partial charge in [0.1, 0.15) is 5.60 Å². The molecule has 1 rings (SSSR count). The maximum Gasteiger partial charge on any atom is 0.319 e. The van der Waals surface area contributed by atoms with Gasteiger partial charge in [-0.15, -0.1) is 0 Å². The number of hydrogen-bond acceptors (Lipinski definition) is 3. The predicted molar refractivity (Wildman–Crippen MR) is 69.2 cm³/mol. The normalized spacial score (nSPS) is 17.5. The van der Waals surface area contributed by atoms with Gasteiger partial charge in [-0.05, 0) is 33.6 Å². The molecule has 2 amide bonds. The van der Waals surface area contributed by atoms with Crippen LogP contribution in [0.1, 0.15) is 33.6 Å². The van der Waals surface area contributed by atoms with Crippen molar-refractivity contribution in [1.29, 1.82) is 0 Å². The maximum absolute atomic E-state index is 11.9. The van der Waals surface area contributed by atoms with Crippen molar-refractivity contribution in [1.82, 2.24) is 9.80 Å². The van der Waals surface area contributed by atoms with Crippen LogP contribution in [0.4, 0.5) is 4.79 Å². The van der Waals surface area contributed by atoms with E-state index >= 15 is 0 Å². The van der Waals surface area contributed by atoms with Gasteiger partial charge in [0.2, 0.25) is 0 Å². The van der Waals surface area contributed by atoms with E-state index < -0.39 is 5.60 Å². The molecule has 0 aromatic heterocycles. The molecule has 1 fully saturated rings. The van der Waals surface area contributed by atoms with Crippen molar-refractivity contribution in [3.63, 3.8) is 0 Å². The minimum atomic E-state index is -0.437. The Balaban J connectivity index is 2.44. The zero-order valence-corrected chi connectivity index (χ0v) is 12.0. The van der Waals surface area contributed by atoms with Crippen LogP contribution in [0, 0.1) is 5.92 Å². The van der Waals surface area contributed by atoms with E-state index in [1.165, 1.54) is 0 Å². The molecule has 0 spiro atoms. The summed E-state index contributed by atoms with van der Waals surface area (Å²) in [7, 11) is 3.48. The van der Waals surface area contributed by atoms with Gasteiger partial charge in [0.05, 0.1) is 5.92 Å². The highest BCUT2D eigenvalue weighted by Gasteiger charge is 2.30. The fourth-order valence-corrected chi connectivity index (χ4v) is 1.97. The molecule has 0 aliphatic carbocycles. The van der Waals surface area contributed by atoms with Crippen molar-refractivity contribution >= 4 is 12.0 Å². The minimum absolute atomic E-state index is 0.0117. The van der Waals surface area contributed by atoms with Crippen LogP contribution in [0.15, 0.2) is 0 Å². The van der Waals surface area contributed by atoms with Gasteiger partial charge >= 0.3 is 12.0 Å². The molecule has 18 heavy (non-hydrogen) atoms. The molecule has 5 heteroatoms. The third kappa shape index (κ3) is 4.20. The predicted octanol–water partition coefficient (Wildman–Crippen LogP) is 1.72. The zero-order valence-electron chi connectivity index (χ0n) is 12.0. The van der Waals surface area contributed by atoms with E-state index in [4.69, 9.17) is 4.74 Å². The van der Waals surface area contributed by atoms with Gasteiger partial charge in [0.25, 0.3) is 0 Å². The summed E-state index contributed by atoms with van der Waals surface area (Å²) in [6.45, 7) is 6.86. The van der Waals surface area contributed by atoms with Gasteiger partial charge in [-0.2, -0.15) is 0 Å². The Morgan fingerprint density at radius 2 is 1.67 bits per heavy atom. The highest BCUT2D eigenvalue weighted by Crippen LogP contribution is 2.21. The standard InChI is InChI=1S/C13H24N2O3/c1-13(2,3)18-11(16)10-6-8-15(9-7-10)12(17)14(4)5/h10H,6-9H2,1-5H3. The number of amides is 2. The lowest BCUT2D eigenvalue weighted by Gasteiger charge is -2.33. The lowest BCUT2D eigenvalue weighted by Crippen LogP contribution is -2.45. The zero-order chi connectivity index (χ0) is 13.9. The van der Waals surface area contributed by atoms with Gasteiger partial charge in [-0.1, -0.05) is 0 Å². The van der Waals surface area contributed by atoms with E-state index in [0.717, 1.165) is 0 Å². The molecule has 0 bridgehead atoms. The number of piperidine rings is 1. The first kappa shape index (κ1) is 14.8. The summed E-state index contributed by atoms with van der Waals surface area (Å²) in [5, 5.41) is 0.